The smallest absolute Gasteiger partial charge is 0.367 e. The van der Waals surface area contributed by atoms with Gasteiger partial charge in [0.1, 0.15) is 11.5 Å². The first kappa shape index (κ1) is 33.1. The average Bonchev–Trinajstić information content (AvgIpc) is 3.52. The normalized spacial score (nSPS) is 16.6. The van der Waals surface area contributed by atoms with Crippen LogP contribution in [0.4, 0.5) is 11.8 Å². The lowest BCUT2D eigenvalue weighted by molar-refractivity contribution is -0.134. The minimum Gasteiger partial charge on any atom is -0.367 e. The van der Waals surface area contributed by atoms with Crippen molar-refractivity contribution in [2.24, 2.45) is 0 Å². The second-order valence-corrected chi connectivity index (χ2v) is 12.5. The SMILES string of the molecule is O=C(CO[P+](=O)O)N1CCC(Nc2nc(NCc3cn(CCCNCCCNC4CCCCC4)nn3)nc3ccccc23)CC1. The van der Waals surface area contributed by atoms with Crippen molar-refractivity contribution in [3.63, 3.8) is 0 Å². The molecule has 1 amide bonds. The Kier molecular flexibility index (Phi) is 12.8. The quantitative estimate of drug-likeness (QED) is 0.108. The van der Waals surface area contributed by atoms with E-state index >= 15 is 0 Å². The van der Waals surface area contributed by atoms with E-state index in [1.165, 1.54) is 32.1 Å². The maximum atomic E-state index is 12.2. The Morgan fingerprint density at radius 1 is 1.00 bits per heavy atom. The van der Waals surface area contributed by atoms with Crippen LogP contribution in [0.3, 0.4) is 0 Å². The molecule has 1 saturated carbocycles. The molecule has 5 rings (SSSR count). The fourth-order valence-corrected chi connectivity index (χ4v) is 6.17. The molecule has 1 saturated heterocycles. The molecule has 1 unspecified atom stereocenters. The molecular formula is C30H46N10O4P+. The Bertz CT molecular complexity index is 1380. The van der Waals surface area contributed by atoms with Crippen LogP contribution in [0.1, 0.15) is 63.5 Å². The van der Waals surface area contributed by atoms with E-state index in [1.807, 2.05) is 35.1 Å². The topological polar surface area (TPSA) is 171 Å². The van der Waals surface area contributed by atoms with E-state index < -0.39 is 14.9 Å². The second kappa shape index (κ2) is 17.4. The highest BCUT2D eigenvalue weighted by Crippen LogP contribution is 2.25. The van der Waals surface area contributed by atoms with Crippen molar-refractivity contribution >= 4 is 36.8 Å². The number of aromatic nitrogens is 5. The van der Waals surface area contributed by atoms with Crippen molar-refractivity contribution < 1.29 is 18.8 Å². The van der Waals surface area contributed by atoms with Gasteiger partial charge < -0.3 is 26.2 Å². The summed E-state index contributed by atoms with van der Waals surface area (Å²) in [6, 6.07) is 8.69. The summed E-state index contributed by atoms with van der Waals surface area (Å²) in [6.07, 6.45) is 12.3. The summed E-state index contributed by atoms with van der Waals surface area (Å²) in [4.78, 5) is 32.1. The monoisotopic (exact) mass is 641 g/mol. The van der Waals surface area contributed by atoms with Gasteiger partial charge in [0.2, 0.25) is 5.95 Å². The number of para-hydroxylation sites is 1. The van der Waals surface area contributed by atoms with Crippen LogP contribution in [0, 0.1) is 0 Å². The molecule has 45 heavy (non-hydrogen) atoms. The van der Waals surface area contributed by atoms with Crippen LogP contribution >= 0.6 is 8.25 Å². The zero-order chi connectivity index (χ0) is 31.3. The number of likely N-dealkylation sites (tertiary alicyclic amines) is 1. The van der Waals surface area contributed by atoms with Crippen LogP contribution in [-0.4, -0.2) is 92.1 Å². The lowest BCUT2D eigenvalue weighted by atomic mass is 9.95. The van der Waals surface area contributed by atoms with Crippen LogP contribution in [0.5, 0.6) is 0 Å². The average molecular weight is 642 g/mol. The van der Waals surface area contributed by atoms with Crippen molar-refractivity contribution in [1.82, 2.24) is 40.5 Å². The van der Waals surface area contributed by atoms with Gasteiger partial charge in [0.15, 0.2) is 6.61 Å². The van der Waals surface area contributed by atoms with Gasteiger partial charge in [-0.2, -0.15) is 4.98 Å². The van der Waals surface area contributed by atoms with E-state index in [2.05, 4.69) is 36.1 Å². The third-order valence-electron chi connectivity index (χ3n) is 8.41. The number of nitrogens with zero attached hydrogens (tertiary/aromatic N) is 6. The maximum Gasteiger partial charge on any atom is 0.695 e. The minimum atomic E-state index is -2.78. The van der Waals surface area contributed by atoms with Gasteiger partial charge in [-0.3, -0.25) is 9.48 Å². The first-order chi connectivity index (χ1) is 22.0. The van der Waals surface area contributed by atoms with Gasteiger partial charge in [-0.25, -0.2) is 4.98 Å². The van der Waals surface area contributed by atoms with Crippen LogP contribution in [-0.2, 0) is 27.0 Å². The van der Waals surface area contributed by atoms with E-state index in [0.717, 1.165) is 67.5 Å². The fraction of sp³-hybridized carbons (Fsp3) is 0.633. The molecular weight excluding hydrogens is 595 g/mol. The second-order valence-electron chi connectivity index (χ2n) is 11.8. The van der Waals surface area contributed by atoms with E-state index in [9.17, 15) is 9.36 Å². The van der Waals surface area contributed by atoms with Gasteiger partial charge in [0.05, 0.1) is 18.3 Å². The highest BCUT2D eigenvalue weighted by atomic mass is 31.1. The van der Waals surface area contributed by atoms with Crippen LogP contribution in [0.2, 0.25) is 0 Å². The summed E-state index contributed by atoms with van der Waals surface area (Å²) in [5.74, 6) is 0.941. The van der Waals surface area contributed by atoms with Gasteiger partial charge >= 0.3 is 8.25 Å². The Morgan fingerprint density at radius 2 is 1.80 bits per heavy atom. The van der Waals surface area contributed by atoms with E-state index in [1.54, 1.807) is 4.90 Å². The number of hydrogen-bond donors (Lipinski definition) is 5. The number of piperidine rings is 1. The summed E-state index contributed by atoms with van der Waals surface area (Å²) in [5.41, 5.74) is 1.64. The molecule has 1 aromatic carbocycles. The number of hydrogen-bond acceptors (Lipinski definition) is 11. The summed E-state index contributed by atoms with van der Waals surface area (Å²) in [7, 11) is -2.78. The minimum absolute atomic E-state index is 0.114. The first-order valence-electron chi connectivity index (χ1n) is 16.2. The Labute approximate surface area is 265 Å². The van der Waals surface area contributed by atoms with Crippen molar-refractivity contribution in [1.29, 1.82) is 0 Å². The Balaban J connectivity index is 1.04. The molecule has 1 aliphatic heterocycles. The zero-order valence-corrected chi connectivity index (χ0v) is 26.8. The van der Waals surface area contributed by atoms with Crippen LogP contribution < -0.4 is 21.3 Å². The van der Waals surface area contributed by atoms with E-state index in [0.29, 0.717) is 38.4 Å². The number of aryl methyl sites for hydroxylation is 1. The summed E-state index contributed by atoms with van der Waals surface area (Å²) < 4.78 is 17.2. The zero-order valence-electron chi connectivity index (χ0n) is 25.9. The molecule has 0 bridgehead atoms. The van der Waals surface area contributed by atoms with Crippen LogP contribution in [0.15, 0.2) is 30.5 Å². The molecule has 0 radical (unpaired) electrons. The molecule has 2 aliphatic rings. The predicted octanol–water partition coefficient (Wildman–Crippen LogP) is 3.19. The van der Waals surface area contributed by atoms with Crippen molar-refractivity contribution in [3.8, 4) is 0 Å². The third-order valence-corrected chi connectivity index (χ3v) is 8.76. The Hall–Kier alpha value is -3.29. The standard InChI is InChI=1S/C30H45N10O4P/c41-28(22-44-45(42)43)39-18-12-24(13-19-39)34-29-26-10-4-5-11-27(26)35-30(36-29)33-20-25-21-40(38-37-25)17-7-15-31-14-6-16-32-23-8-2-1-3-9-23/h4-5,10-11,21,23-24,31-32H,1-3,6-9,12-20,22H2,(H2-,33,34,35,36,42,43)/p+1. The molecule has 1 aliphatic carbocycles. The summed E-state index contributed by atoms with van der Waals surface area (Å²) >= 11 is 0. The molecule has 1 atom stereocenters. The number of nitrogens with one attached hydrogen (secondary N) is 4. The van der Waals surface area contributed by atoms with Crippen LogP contribution in [0.25, 0.3) is 10.9 Å². The summed E-state index contributed by atoms with van der Waals surface area (Å²) in [5, 5.41) is 23.6. The molecule has 3 heterocycles. The molecule has 15 heteroatoms. The Morgan fingerprint density at radius 3 is 2.62 bits per heavy atom. The number of anilines is 2. The largest absolute Gasteiger partial charge is 0.695 e. The molecule has 3 aromatic rings. The highest BCUT2D eigenvalue weighted by Gasteiger charge is 2.26. The van der Waals surface area contributed by atoms with Gasteiger partial charge in [-0.1, -0.05) is 36.6 Å². The van der Waals surface area contributed by atoms with Crippen molar-refractivity contribution in [2.45, 2.75) is 83.0 Å². The lowest BCUT2D eigenvalue weighted by Crippen LogP contribution is -2.43. The summed E-state index contributed by atoms with van der Waals surface area (Å²) in [6.45, 7) is 4.99. The molecule has 14 nitrogen and oxygen atoms in total. The van der Waals surface area contributed by atoms with Gasteiger partial charge in [-0.15, -0.1) is 14.5 Å². The lowest BCUT2D eigenvalue weighted by Gasteiger charge is -2.32. The predicted molar refractivity (Wildman–Crippen MR) is 173 cm³/mol. The van der Waals surface area contributed by atoms with Gasteiger partial charge in [0.25, 0.3) is 5.91 Å². The maximum absolute atomic E-state index is 12.2. The molecule has 5 N–H and O–H groups in total. The fourth-order valence-electron chi connectivity index (χ4n) is 5.95. The number of carbonyl (C=O) groups excluding carboxylic acids is 1. The molecule has 2 aromatic heterocycles. The molecule has 0 spiro atoms. The number of benzene rings is 1. The molecule has 2 fully saturated rings. The van der Waals surface area contributed by atoms with Crippen molar-refractivity contribution in [3.05, 3.63) is 36.2 Å². The number of fused-ring (bicyclic) bond motifs is 1. The third kappa shape index (κ3) is 10.6. The highest BCUT2D eigenvalue weighted by molar-refractivity contribution is 7.32. The van der Waals surface area contributed by atoms with Crippen molar-refractivity contribution in [2.75, 3.05) is 50.0 Å². The number of amides is 1. The number of carbonyl (C=O) groups is 1. The van der Waals surface area contributed by atoms with E-state index in [4.69, 9.17) is 14.9 Å². The first-order valence-corrected chi connectivity index (χ1v) is 17.3. The number of rotatable bonds is 17. The van der Waals surface area contributed by atoms with E-state index in [-0.39, 0.29) is 11.9 Å². The van der Waals surface area contributed by atoms with Gasteiger partial charge in [0, 0.05) is 41.7 Å². The molecule has 244 valence electrons. The van der Waals surface area contributed by atoms with Gasteiger partial charge in [-0.05, 0) is 70.3 Å².